The average molecular weight is 204 g/mol. The highest BCUT2D eigenvalue weighted by Crippen LogP contribution is 2.19. The van der Waals surface area contributed by atoms with Gasteiger partial charge in [-0.1, -0.05) is 0 Å². The number of aliphatic imine (C=N–C) groups is 1. The van der Waals surface area contributed by atoms with E-state index in [0.29, 0.717) is 11.3 Å². The first kappa shape index (κ1) is 9.32. The van der Waals surface area contributed by atoms with Gasteiger partial charge in [0.25, 0.3) is 0 Å². The molecule has 0 aliphatic rings. The van der Waals surface area contributed by atoms with Crippen LogP contribution in [0.5, 0.6) is 0 Å². The number of nitrogens with zero attached hydrogens (tertiary/aromatic N) is 4. The van der Waals surface area contributed by atoms with Gasteiger partial charge >= 0.3 is 5.97 Å². The molecule has 6 heteroatoms. The molecule has 6 nitrogen and oxygen atoms in total. The van der Waals surface area contributed by atoms with Gasteiger partial charge in [-0.25, -0.2) is 14.3 Å². The predicted molar refractivity (Wildman–Crippen MR) is 53.9 cm³/mol. The normalized spacial score (nSPS) is 10.5. The molecular weight excluding hydrogens is 196 g/mol. The molecule has 0 atom stereocenters. The molecule has 0 spiro atoms. The number of carboxylic acid groups (broad SMARTS) is 1. The van der Waals surface area contributed by atoms with Crippen LogP contribution in [0.15, 0.2) is 17.3 Å². The van der Waals surface area contributed by atoms with Crippen LogP contribution >= 0.6 is 0 Å². The fourth-order valence-corrected chi connectivity index (χ4v) is 1.30. The van der Waals surface area contributed by atoms with Gasteiger partial charge in [0, 0.05) is 6.07 Å². The van der Waals surface area contributed by atoms with Gasteiger partial charge < -0.3 is 5.11 Å². The molecular formula is C9H8N4O2. The second-order valence-electron chi connectivity index (χ2n) is 3.03. The fraction of sp³-hybridized carbons (Fsp3) is 0.111. The quantitative estimate of drug-likeness (QED) is 0.742. The number of aryl methyl sites for hydroxylation is 1. The minimum atomic E-state index is -1.10. The Labute approximate surface area is 84.9 Å². The smallest absolute Gasteiger partial charge is 0.356 e. The number of aromatic nitrogens is 3. The number of carboxylic acids is 1. The maximum atomic E-state index is 10.8. The van der Waals surface area contributed by atoms with Crippen molar-refractivity contribution in [1.29, 1.82) is 0 Å². The Morgan fingerprint density at radius 2 is 2.40 bits per heavy atom. The van der Waals surface area contributed by atoms with Crippen LogP contribution in [-0.4, -0.2) is 32.4 Å². The summed E-state index contributed by atoms with van der Waals surface area (Å²) >= 11 is 0. The zero-order valence-corrected chi connectivity index (χ0v) is 8.01. The molecule has 0 bridgehead atoms. The van der Waals surface area contributed by atoms with E-state index in [1.807, 2.05) is 0 Å². The van der Waals surface area contributed by atoms with Crippen LogP contribution in [0.3, 0.4) is 0 Å². The van der Waals surface area contributed by atoms with E-state index in [1.54, 1.807) is 13.1 Å². The Morgan fingerprint density at radius 3 is 3.00 bits per heavy atom. The second kappa shape index (κ2) is 3.16. The van der Waals surface area contributed by atoms with Crippen LogP contribution in [0, 0.1) is 6.92 Å². The SMILES string of the molecule is C=Nc1cc(C(=O)O)nn2cc(C)nc12. The first-order chi connectivity index (χ1) is 7.11. The van der Waals surface area contributed by atoms with Crippen molar-refractivity contribution >= 4 is 24.0 Å². The molecule has 0 unspecified atom stereocenters. The fourth-order valence-electron chi connectivity index (χ4n) is 1.30. The number of aromatic carboxylic acids is 1. The molecule has 15 heavy (non-hydrogen) atoms. The highest BCUT2D eigenvalue weighted by atomic mass is 16.4. The summed E-state index contributed by atoms with van der Waals surface area (Å²) in [7, 11) is 0. The maximum Gasteiger partial charge on any atom is 0.356 e. The molecule has 2 aromatic rings. The van der Waals surface area contributed by atoms with Gasteiger partial charge in [0.05, 0.1) is 11.9 Å². The number of hydrogen-bond donors (Lipinski definition) is 1. The molecule has 0 fully saturated rings. The van der Waals surface area contributed by atoms with Gasteiger partial charge in [-0.05, 0) is 13.6 Å². The van der Waals surface area contributed by atoms with Gasteiger partial charge in [0.15, 0.2) is 11.3 Å². The molecule has 2 aromatic heterocycles. The Bertz CT molecular complexity index is 558. The van der Waals surface area contributed by atoms with Crippen molar-refractivity contribution in [1.82, 2.24) is 14.6 Å². The third kappa shape index (κ3) is 1.45. The molecule has 2 rings (SSSR count). The molecule has 0 saturated carbocycles. The third-order valence-corrected chi connectivity index (χ3v) is 1.92. The van der Waals surface area contributed by atoms with E-state index in [2.05, 4.69) is 21.8 Å². The summed E-state index contributed by atoms with van der Waals surface area (Å²) in [5.41, 5.74) is 1.58. The summed E-state index contributed by atoms with van der Waals surface area (Å²) in [6, 6.07) is 1.34. The van der Waals surface area contributed by atoms with E-state index in [4.69, 9.17) is 5.11 Å². The minimum absolute atomic E-state index is 0.0812. The average Bonchev–Trinajstić information content (AvgIpc) is 2.56. The largest absolute Gasteiger partial charge is 0.476 e. The van der Waals surface area contributed by atoms with Crippen LogP contribution in [0.1, 0.15) is 16.2 Å². The van der Waals surface area contributed by atoms with E-state index in [1.165, 1.54) is 10.6 Å². The van der Waals surface area contributed by atoms with E-state index < -0.39 is 5.97 Å². The monoisotopic (exact) mass is 204 g/mol. The van der Waals surface area contributed by atoms with E-state index in [0.717, 1.165) is 5.69 Å². The van der Waals surface area contributed by atoms with Crippen LogP contribution in [0.2, 0.25) is 0 Å². The number of fused-ring (bicyclic) bond motifs is 1. The third-order valence-electron chi connectivity index (χ3n) is 1.92. The first-order valence-corrected chi connectivity index (χ1v) is 4.19. The van der Waals surface area contributed by atoms with Gasteiger partial charge in [-0.2, -0.15) is 5.10 Å². The van der Waals surface area contributed by atoms with Gasteiger partial charge in [0.2, 0.25) is 0 Å². The van der Waals surface area contributed by atoms with Crippen molar-refractivity contribution in [3.63, 3.8) is 0 Å². The van der Waals surface area contributed by atoms with Crippen LogP contribution in [0.4, 0.5) is 5.69 Å². The molecule has 1 N–H and O–H groups in total. The lowest BCUT2D eigenvalue weighted by molar-refractivity contribution is 0.0689. The Kier molecular flexibility index (Phi) is 1.96. The minimum Gasteiger partial charge on any atom is -0.476 e. The van der Waals surface area contributed by atoms with Crippen LogP contribution in [-0.2, 0) is 0 Å². The van der Waals surface area contributed by atoms with Crippen molar-refractivity contribution in [3.05, 3.63) is 23.7 Å². The Morgan fingerprint density at radius 1 is 1.67 bits per heavy atom. The van der Waals surface area contributed by atoms with Gasteiger partial charge in [-0.15, -0.1) is 0 Å². The number of imidazole rings is 1. The first-order valence-electron chi connectivity index (χ1n) is 4.19. The Hall–Kier alpha value is -2.24. The summed E-state index contributed by atoms with van der Waals surface area (Å²) in [4.78, 5) is 18.6. The zero-order chi connectivity index (χ0) is 11.0. The van der Waals surface area contributed by atoms with E-state index in [-0.39, 0.29) is 5.69 Å². The second-order valence-corrected chi connectivity index (χ2v) is 3.03. The van der Waals surface area contributed by atoms with E-state index >= 15 is 0 Å². The number of carbonyl (C=O) groups is 1. The lowest BCUT2D eigenvalue weighted by Gasteiger charge is -1.98. The topological polar surface area (TPSA) is 79.8 Å². The lowest BCUT2D eigenvalue weighted by Crippen LogP contribution is -2.04. The van der Waals surface area contributed by atoms with Crippen molar-refractivity contribution in [3.8, 4) is 0 Å². The summed E-state index contributed by atoms with van der Waals surface area (Å²) in [6.07, 6.45) is 1.64. The predicted octanol–water partition coefficient (Wildman–Crippen LogP) is 1.07. The lowest BCUT2D eigenvalue weighted by atomic mass is 10.3. The molecule has 0 radical (unpaired) electrons. The van der Waals surface area contributed by atoms with E-state index in [9.17, 15) is 4.79 Å². The van der Waals surface area contributed by atoms with Crippen molar-refractivity contribution < 1.29 is 9.90 Å². The Balaban J connectivity index is 2.81. The van der Waals surface area contributed by atoms with Crippen LogP contribution in [0.25, 0.3) is 5.65 Å². The summed E-state index contributed by atoms with van der Waals surface area (Å²) in [5.74, 6) is -1.10. The summed E-state index contributed by atoms with van der Waals surface area (Å²) < 4.78 is 1.39. The molecule has 0 amide bonds. The molecule has 0 saturated heterocycles. The number of rotatable bonds is 2. The van der Waals surface area contributed by atoms with Gasteiger partial charge in [0.1, 0.15) is 5.69 Å². The molecule has 0 aliphatic heterocycles. The summed E-state index contributed by atoms with van der Waals surface area (Å²) in [6.45, 7) is 5.16. The van der Waals surface area contributed by atoms with Crippen molar-refractivity contribution in [2.75, 3.05) is 0 Å². The van der Waals surface area contributed by atoms with Gasteiger partial charge in [-0.3, -0.25) is 4.99 Å². The highest BCUT2D eigenvalue weighted by molar-refractivity contribution is 5.87. The van der Waals surface area contributed by atoms with Crippen molar-refractivity contribution in [2.24, 2.45) is 4.99 Å². The summed E-state index contributed by atoms with van der Waals surface area (Å²) in [5, 5.41) is 12.7. The highest BCUT2D eigenvalue weighted by Gasteiger charge is 2.11. The molecule has 0 aromatic carbocycles. The maximum absolute atomic E-state index is 10.8. The zero-order valence-electron chi connectivity index (χ0n) is 8.01. The molecule has 2 heterocycles. The standard InChI is InChI=1S/C9H8N4O2/c1-5-4-13-8(11-5)6(10-2)3-7(12-13)9(14)15/h3-4H,2H2,1H3,(H,14,15). The molecule has 0 aliphatic carbocycles. The van der Waals surface area contributed by atoms with Crippen LogP contribution < -0.4 is 0 Å². The number of hydrogen-bond acceptors (Lipinski definition) is 4. The van der Waals surface area contributed by atoms with Crippen molar-refractivity contribution in [2.45, 2.75) is 6.92 Å². The molecule has 76 valence electrons.